The highest BCUT2D eigenvalue weighted by Gasteiger charge is 2.67. The number of H-pyrrole nitrogens is 2. The normalized spacial score (nSPS) is 31.8. The second kappa shape index (κ2) is 12.4. The molecule has 6 aliphatic rings. The van der Waals surface area contributed by atoms with Crippen LogP contribution in [0.15, 0.2) is 72.1 Å². The van der Waals surface area contributed by atoms with Crippen LogP contribution in [0.2, 0.25) is 0 Å². The van der Waals surface area contributed by atoms with E-state index < -0.39 is 34.3 Å². The average Bonchev–Trinajstić information content (AvgIpc) is 4.03. The molecule has 2 aromatic carbocycles. The molecule has 14 nitrogen and oxygen atoms in total. The quantitative estimate of drug-likeness (QED) is 0.142. The van der Waals surface area contributed by atoms with E-state index in [1.807, 2.05) is 48.5 Å². The van der Waals surface area contributed by atoms with Crippen LogP contribution in [0.25, 0.3) is 11.1 Å². The van der Waals surface area contributed by atoms with Gasteiger partial charge in [0.2, 0.25) is 0 Å². The highest BCUT2D eigenvalue weighted by molar-refractivity contribution is 5.75. The molecule has 0 spiro atoms. The number of nitrogens with zero attached hydrogens (tertiary/aromatic N) is 4. The van der Waals surface area contributed by atoms with Crippen molar-refractivity contribution in [2.24, 2.45) is 0 Å². The monoisotopic (exact) mass is 754 g/mol. The minimum Gasteiger partial charge on any atom is -0.465 e. The highest BCUT2D eigenvalue weighted by Crippen LogP contribution is 2.61. The van der Waals surface area contributed by atoms with Gasteiger partial charge in [-0.3, -0.25) is 9.80 Å². The van der Waals surface area contributed by atoms with Gasteiger partial charge in [0.1, 0.15) is 45.7 Å². The molecular formula is C42H42N8O6. The fourth-order valence-electron chi connectivity index (χ4n) is 12.2. The van der Waals surface area contributed by atoms with Crippen molar-refractivity contribution < 1.29 is 29.4 Å². The fourth-order valence-corrected chi connectivity index (χ4v) is 12.2. The lowest BCUT2D eigenvalue weighted by molar-refractivity contribution is -0.0171. The van der Waals surface area contributed by atoms with Gasteiger partial charge in [0.25, 0.3) is 0 Å². The summed E-state index contributed by atoms with van der Waals surface area (Å²) in [5.41, 5.74) is 0.864. The number of fused-ring (bicyclic) bond motifs is 14. The molecule has 4 fully saturated rings. The molecule has 2 amide bonds. The van der Waals surface area contributed by atoms with E-state index in [-0.39, 0.29) is 12.1 Å². The molecule has 14 heteroatoms. The van der Waals surface area contributed by atoms with Gasteiger partial charge in [-0.25, -0.2) is 29.1 Å². The Bertz CT molecular complexity index is 2210. The first kappa shape index (κ1) is 34.7. The number of carboxylic acid groups (broad SMARTS) is 2. The summed E-state index contributed by atoms with van der Waals surface area (Å²) in [7, 11) is 0. The Labute approximate surface area is 322 Å². The molecule has 4 aromatic rings. The van der Waals surface area contributed by atoms with Gasteiger partial charge in [0, 0.05) is 36.6 Å². The summed E-state index contributed by atoms with van der Waals surface area (Å²) in [6.07, 6.45) is 7.78. The van der Waals surface area contributed by atoms with Crippen molar-refractivity contribution in [3.8, 4) is 11.1 Å². The summed E-state index contributed by atoms with van der Waals surface area (Å²) in [4.78, 5) is 72.3. The minimum atomic E-state index is -1.20. The molecule has 2 aliphatic carbocycles. The first-order chi connectivity index (χ1) is 27.2. The fraction of sp³-hybridized carbons (Fsp3) is 0.429. The van der Waals surface area contributed by atoms with Crippen LogP contribution >= 0.6 is 0 Å². The number of hydrogen-bond donors (Lipinski definition) is 6. The van der Waals surface area contributed by atoms with Gasteiger partial charge < -0.3 is 30.8 Å². The number of aromatic amines is 2. The van der Waals surface area contributed by atoms with E-state index in [0.29, 0.717) is 74.1 Å². The second-order valence-electron chi connectivity index (χ2n) is 16.2. The summed E-state index contributed by atoms with van der Waals surface area (Å²) >= 11 is 0. The van der Waals surface area contributed by atoms with Crippen molar-refractivity contribution in [2.75, 3.05) is 13.1 Å². The maximum atomic E-state index is 13.0. The lowest BCUT2D eigenvalue weighted by atomic mass is 9.57. The van der Waals surface area contributed by atoms with Gasteiger partial charge in [-0.1, -0.05) is 48.5 Å². The Hall–Kier alpha value is -5.78. The summed E-state index contributed by atoms with van der Waals surface area (Å²) in [6, 6.07) is 15.6. The first-order valence-corrected chi connectivity index (χ1v) is 19.6. The average molecular weight is 755 g/mol. The molecule has 0 radical (unpaired) electrons. The number of amides is 2. The van der Waals surface area contributed by atoms with E-state index in [1.54, 1.807) is 12.4 Å². The number of carbonyl (C=O) groups excluding carboxylic acids is 2. The molecule has 56 heavy (non-hydrogen) atoms. The zero-order valence-electron chi connectivity index (χ0n) is 30.7. The van der Waals surface area contributed by atoms with Gasteiger partial charge in [-0.05, 0) is 86.5 Å². The molecule has 286 valence electrons. The molecule has 4 bridgehead atoms. The van der Waals surface area contributed by atoms with Gasteiger partial charge in [-0.15, -0.1) is 0 Å². The minimum absolute atomic E-state index is 0.123. The van der Waals surface area contributed by atoms with Crippen LogP contribution in [0.3, 0.4) is 0 Å². The number of aromatic nitrogens is 4. The maximum absolute atomic E-state index is 13.0. The summed E-state index contributed by atoms with van der Waals surface area (Å²) < 4.78 is 0. The van der Waals surface area contributed by atoms with Crippen molar-refractivity contribution in [2.45, 2.75) is 98.4 Å². The number of rotatable bonds is 5. The third-order valence-corrected chi connectivity index (χ3v) is 14.0. The predicted molar refractivity (Wildman–Crippen MR) is 202 cm³/mol. The van der Waals surface area contributed by atoms with E-state index >= 15 is 0 Å². The third-order valence-electron chi connectivity index (χ3n) is 14.0. The van der Waals surface area contributed by atoms with Crippen molar-refractivity contribution in [3.05, 3.63) is 106 Å². The van der Waals surface area contributed by atoms with E-state index in [1.165, 1.54) is 0 Å². The number of benzene rings is 2. The second-order valence-corrected chi connectivity index (χ2v) is 16.2. The molecule has 6 heterocycles. The van der Waals surface area contributed by atoms with Crippen LogP contribution in [-0.2, 0) is 20.4 Å². The first-order valence-electron chi connectivity index (χ1n) is 19.6. The molecule has 2 unspecified atom stereocenters. The zero-order valence-corrected chi connectivity index (χ0v) is 30.7. The molecule has 2 saturated heterocycles. The Morgan fingerprint density at radius 2 is 1.07 bits per heavy atom. The molecule has 6 atom stereocenters. The SMILES string of the molecule is O=C=C1CCC[C@@]2(NC(=O)O)N3CCCC3c3ncc([nH]3)[C@]12c1ccc(-c2ccc([C@@]34C(=C=O)CCC[C@@]3(NC(=O)O)N3CCCC3c3ncc4[nH]3)cc2)cc1. The topological polar surface area (TPSA) is 197 Å². The Morgan fingerprint density at radius 3 is 1.45 bits per heavy atom. The number of imidazole rings is 2. The number of nitrogens with one attached hydrogen (secondary N) is 4. The zero-order chi connectivity index (χ0) is 38.5. The molecule has 2 saturated carbocycles. The molecule has 6 N–H and O–H groups in total. The summed E-state index contributed by atoms with van der Waals surface area (Å²) in [6.45, 7) is 1.31. The molecule has 2 aromatic heterocycles. The Balaban J connectivity index is 1.10. The molecule has 4 aliphatic heterocycles. The van der Waals surface area contributed by atoms with Crippen LogP contribution in [0, 0.1) is 0 Å². The largest absolute Gasteiger partial charge is 0.465 e. The van der Waals surface area contributed by atoms with Gasteiger partial charge in [0.05, 0.1) is 23.5 Å². The maximum Gasteiger partial charge on any atom is 0.406 e. The number of hydrogen-bond acceptors (Lipinski definition) is 8. The van der Waals surface area contributed by atoms with E-state index in [2.05, 4.69) is 42.3 Å². The summed E-state index contributed by atoms with van der Waals surface area (Å²) in [5.74, 6) is 6.09. The molecule has 10 rings (SSSR count). The van der Waals surface area contributed by atoms with E-state index in [0.717, 1.165) is 59.6 Å². The van der Waals surface area contributed by atoms with Crippen LogP contribution in [-0.4, -0.2) is 88.4 Å². The third kappa shape index (κ3) is 4.29. The van der Waals surface area contributed by atoms with Gasteiger partial charge >= 0.3 is 12.2 Å². The predicted octanol–water partition coefficient (Wildman–Crippen LogP) is 5.48. The Morgan fingerprint density at radius 1 is 0.661 bits per heavy atom. The van der Waals surface area contributed by atoms with Crippen molar-refractivity contribution in [1.29, 1.82) is 0 Å². The van der Waals surface area contributed by atoms with Crippen molar-refractivity contribution >= 4 is 24.1 Å². The smallest absolute Gasteiger partial charge is 0.406 e. The van der Waals surface area contributed by atoms with E-state index in [9.17, 15) is 29.4 Å². The van der Waals surface area contributed by atoms with Crippen LogP contribution in [0.4, 0.5) is 9.59 Å². The Kier molecular flexibility index (Phi) is 7.66. The standard InChI is InChI=1S/C42H42N8O6/c51-23-29-5-1-17-39(47-37(53)54)41(29,33-21-43-35(45-33)31-7-3-19-49(31)39)27-13-9-25(10-14-27)26-11-15-28(16-12-26)42-30(24-52)6-2-18-40(42,48-38(55)56)50-20-4-8-32(50)36-44-22-34(42)46-36/h9-16,21-22,31-32,47-48H,1-8,17-20H2,(H,43,45)(H,44,46)(H,53,54)(H,55,56)/t31?,32?,39-,40-,41+,42+/m1/s1. The summed E-state index contributed by atoms with van der Waals surface area (Å²) in [5, 5.41) is 26.7. The molecular weight excluding hydrogens is 713 g/mol. The van der Waals surface area contributed by atoms with Gasteiger partial charge in [-0.2, -0.15) is 0 Å². The van der Waals surface area contributed by atoms with Crippen molar-refractivity contribution in [3.63, 3.8) is 0 Å². The van der Waals surface area contributed by atoms with Crippen LogP contribution < -0.4 is 10.6 Å². The number of carbonyl (C=O) groups is 2. The van der Waals surface area contributed by atoms with E-state index in [4.69, 9.17) is 9.97 Å². The lowest BCUT2D eigenvalue weighted by Crippen LogP contribution is -2.72. The van der Waals surface area contributed by atoms with Crippen LogP contribution in [0.1, 0.15) is 110 Å². The van der Waals surface area contributed by atoms with Crippen molar-refractivity contribution in [1.82, 2.24) is 40.4 Å². The van der Waals surface area contributed by atoms with Gasteiger partial charge in [0.15, 0.2) is 0 Å². The highest BCUT2D eigenvalue weighted by atomic mass is 16.4. The van der Waals surface area contributed by atoms with Crippen LogP contribution in [0.5, 0.6) is 0 Å². The lowest BCUT2D eigenvalue weighted by Gasteiger charge is -2.57.